The van der Waals surface area contributed by atoms with Gasteiger partial charge in [0.1, 0.15) is 4.90 Å². The zero-order chi connectivity index (χ0) is 21.8. The van der Waals surface area contributed by atoms with Crippen molar-refractivity contribution in [1.29, 1.82) is 0 Å². The molecule has 4 N–H and O–H groups in total. The second-order valence-electron chi connectivity index (χ2n) is 6.03. The van der Waals surface area contributed by atoms with Gasteiger partial charge >= 0.3 is 6.18 Å². The Balaban J connectivity index is 2.53. The fourth-order valence-corrected chi connectivity index (χ4v) is 6.15. The lowest BCUT2D eigenvalue weighted by atomic mass is 10.1. The number of hydrogen-bond acceptors (Lipinski definition) is 5. The molecule has 0 heterocycles. The van der Waals surface area contributed by atoms with Gasteiger partial charge in [-0.05, 0) is 23.6 Å². The monoisotopic (exact) mass is 464 g/mol. The molecule has 0 saturated carbocycles. The first-order chi connectivity index (χ1) is 13.2. The molecule has 0 aliphatic heterocycles. The number of nitrogens with two attached hydrogens (primary N) is 2. The number of sulfone groups is 1. The van der Waals surface area contributed by atoms with Crippen LogP contribution in [0.1, 0.15) is 5.56 Å². The van der Waals surface area contributed by atoms with Gasteiger partial charge in [-0.25, -0.2) is 22.0 Å². The van der Waals surface area contributed by atoms with Gasteiger partial charge in [-0.3, -0.25) is 0 Å². The van der Waals surface area contributed by atoms with E-state index in [2.05, 4.69) is 0 Å². The molecule has 0 radical (unpaired) electrons. The average molecular weight is 465 g/mol. The van der Waals surface area contributed by atoms with Crippen molar-refractivity contribution >= 4 is 47.9 Å². The SMILES string of the molecule is Nc1cc(C(F)(F)F)c(S(=O)(=O)c2c(S(N)(=O)=O)ccc3ccccc23)cc1Cl. The van der Waals surface area contributed by atoms with Crippen molar-refractivity contribution in [3.05, 3.63) is 59.1 Å². The number of fused-ring (bicyclic) bond motifs is 1. The topological polar surface area (TPSA) is 120 Å². The maximum absolute atomic E-state index is 13.5. The van der Waals surface area contributed by atoms with Crippen LogP contribution in [0.3, 0.4) is 0 Å². The molecule has 3 aromatic rings. The highest BCUT2D eigenvalue weighted by atomic mass is 35.5. The fraction of sp³-hybridized carbons (Fsp3) is 0.0588. The van der Waals surface area contributed by atoms with Gasteiger partial charge in [-0.1, -0.05) is 41.9 Å². The number of rotatable bonds is 3. The molecular weight excluding hydrogens is 453 g/mol. The van der Waals surface area contributed by atoms with Crippen molar-refractivity contribution in [3.63, 3.8) is 0 Å². The third-order valence-electron chi connectivity index (χ3n) is 4.11. The molecule has 0 aromatic heterocycles. The highest BCUT2D eigenvalue weighted by molar-refractivity contribution is 7.93. The van der Waals surface area contributed by atoms with E-state index in [1.165, 1.54) is 24.3 Å². The van der Waals surface area contributed by atoms with E-state index in [0.29, 0.717) is 12.1 Å². The fourth-order valence-electron chi connectivity index (χ4n) is 2.85. The van der Waals surface area contributed by atoms with E-state index >= 15 is 0 Å². The first-order valence-electron chi connectivity index (χ1n) is 7.70. The summed E-state index contributed by atoms with van der Waals surface area (Å²) >= 11 is 5.78. The Morgan fingerprint density at radius 1 is 0.897 bits per heavy atom. The van der Waals surface area contributed by atoms with Gasteiger partial charge in [0.15, 0.2) is 0 Å². The summed E-state index contributed by atoms with van der Waals surface area (Å²) in [6.45, 7) is 0. The molecule has 0 saturated heterocycles. The number of alkyl halides is 3. The van der Waals surface area contributed by atoms with Crippen molar-refractivity contribution in [2.75, 3.05) is 5.73 Å². The number of sulfonamides is 1. The van der Waals surface area contributed by atoms with Crippen LogP contribution in [0.5, 0.6) is 0 Å². The molecule has 0 unspecified atom stereocenters. The van der Waals surface area contributed by atoms with Crippen molar-refractivity contribution in [1.82, 2.24) is 0 Å². The maximum atomic E-state index is 13.5. The van der Waals surface area contributed by atoms with Gasteiger partial charge in [0.2, 0.25) is 19.9 Å². The number of primary sulfonamides is 1. The molecule has 0 bridgehead atoms. The Kier molecular flexibility index (Phi) is 5.06. The highest BCUT2D eigenvalue weighted by Crippen LogP contribution is 2.42. The number of nitrogen functional groups attached to an aromatic ring is 1. The van der Waals surface area contributed by atoms with Crippen LogP contribution in [0.2, 0.25) is 5.02 Å². The van der Waals surface area contributed by atoms with E-state index in [9.17, 15) is 30.0 Å². The smallest absolute Gasteiger partial charge is 0.398 e. The van der Waals surface area contributed by atoms with E-state index in [1.807, 2.05) is 0 Å². The number of benzene rings is 3. The zero-order valence-corrected chi connectivity index (χ0v) is 16.6. The minimum absolute atomic E-state index is 0.111. The van der Waals surface area contributed by atoms with Gasteiger partial charge in [-0.15, -0.1) is 0 Å². The van der Waals surface area contributed by atoms with Crippen LogP contribution in [0.25, 0.3) is 10.8 Å². The molecule has 0 amide bonds. The lowest BCUT2D eigenvalue weighted by Gasteiger charge is -2.17. The summed E-state index contributed by atoms with van der Waals surface area (Å²) in [4.78, 5) is -2.94. The summed E-state index contributed by atoms with van der Waals surface area (Å²) in [5.41, 5.74) is 3.36. The predicted molar refractivity (Wildman–Crippen MR) is 102 cm³/mol. The van der Waals surface area contributed by atoms with Crippen LogP contribution >= 0.6 is 11.6 Å². The summed E-state index contributed by atoms with van der Waals surface area (Å²) in [5, 5.41) is 4.88. The summed E-state index contributed by atoms with van der Waals surface area (Å²) in [5.74, 6) is 0. The van der Waals surface area contributed by atoms with Crippen LogP contribution in [-0.4, -0.2) is 16.8 Å². The molecule has 29 heavy (non-hydrogen) atoms. The zero-order valence-electron chi connectivity index (χ0n) is 14.2. The summed E-state index contributed by atoms with van der Waals surface area (Å²) in [7, 11) is -9.65. The minimum Gasteiger partial charge on any atom is -0.398 e. The van der Waals surface area contributed by atoms with Crippen molar-refractivity contribution in [3.8, 4) is 0 Å². The summed E-state index contributed by atoms with van der Waals surface area (Å²) < 4.78 is 91.3. The van der Waals surface area contributed by atoms with E-state index in [0.717, 1.165) is 6.07 Å². The lowest BCUT2D eigenvalue weighted by molar-refractivity contribution is -0.139. The van der Waals surface area contributed by atoms with Crippen LogP contribution in [0.4, 0.5) is 18.9 Å². The van der Waals surface area contributed by atoms with Crippen molar-refractivity contribution in [2.24, 2.45) is 5.14 Å². The highest BCUT2D eigenvalue weighted by Gasteiger charge is 2.40. The molecule has 0 fully saturated rings. The molecule has 154 valence electrons. The normalized spacial score (nSPS) is 13.0. The van der Waals surface area contributed by atoms with E-state index in [-0.39, 0.29) is 10.8 Å². The number of anilines is 1. The number of hydrogen-bond donors (Lipinski definition) is 2. The molecule has 3 aromatic carbocycles. The second-order valence-corrected chi connectivity index (χ2v) is 9.82. The Bertz CT molecular complexity index is 1360. The average Bonchev–Trinajstić information content (AvgIpc) is 2.60. The van der Waals surface area contributed by atoms with Gasteiger partial charge < -0.3 is 5.73 Å². The Labute approximate surface area is 168 Å². The van der Waals surface area contributed by atoms with Gasteiger partial charge in [0, 0.05) is 5.39 Å². The first kappa shape index (κ1) is 21.4. The van der Waals surface area contributed by atoms with E-state index in [4.69, 9.17) is 22.5 Å². The largest absolute Gasteiger partial charge is 0.417 e. The molecule has 6 nitrogen and oxygen atoms in total. The van der Waals surface area contributed by atoms with E-state index in [1.54, 1.807) is 6.07 Å². The van der Waals surface area contributed by atoms with Gasteiger partial charge in [0.25, 0.3) is 0 Å². The van der Waals surface area contributed by atoms with E-state index < -0.39 is 57.0 Å². The Morgan fingerprint density at radius 3 is 2.10 bits per heavy atom. The van der Waals surface area contributed by atoms with Gasteiger partial charge in [-0.2, -0.15) is 13.2 Å². The third kappa shape index (κ3) is 3.78. The third-order valence-corrected chi connectivity index (χ3v) is 7.42. The first-order valence-corrected chi connectivity index (χ1v) is 11.1. The molecule has 3 rings (SSSR count). The molecular formula is C17H12ClF3N2O4S2. The van der Waals surface area contributed by atoms with Crippen molar-refractivity contribution < 1.29 is 30.0 Å². The molecule has 0 spiro atoms. The Morgan fingerprint density at radius 2 is 1.52 bits per heavy atom. The maximum Gasteiger partial charge on any atom is 0.417 e. The summed E-state index contributed by atoms with van der Waals surface area (Å²) in [6, 6.07) is 8.86. The van der Waals surface area contributed by atoms with Crippen LogP contribution in [-0.2, 0) is 26.0 Å². The second kappa shape index (κ2) is 6.87. The Hall–Kier alpha value is -2.34. The lowest BCUT2D eigenvalue weighted by Crippen LogP contribution is -2.19. The van der Waals surface area contributed by atoms with Crippen LogP contribution < -0.4 is 10.9 Å². The summed E-state index contributed by atoms with van der Waals surface area (Å²) in [6.07, 6.45) is -5.10. The molecule has 0 aliphatic carbocycles. The van der Waals surface area contributed by atoms with Crippen molar-refractivity contribution in [2.45, 2.75) is 20.9 Å². The molecule has 12 heteroatoms. The standard InChI is InChI=1S/C17H12ClF3N2O4S2/c18-12-8-15(11(7-13(12)22)17(19,20)21)28(24,25)16-10-4-2-1-3-9(10)5-6-14(16)29(23,26)27/h1-8H,22H2,(H2,23,26,27). The predicted octanol–water partition coefficient (Wildman–Crippen LogP) is 3.57. The molecule has 0 atom stereocenters. The van der Waals surface area contributed by atoms with Crippen LogP contribution in [0, 0.1) is 0 Å². The quantitative estimate of drug-likeness (QED) is 0.574. The van der Waals surface area contributed by atoms with Gasteiger partial charge in [0.05, 0.1) is 26.1 Å². The molecule has 0 aliphatic rings. The minimum atomic E-state index is -5.10. The number of halogens is 4. The van der Waals surface area contributed by atoms with Crippen LogP contribution in [0.15, 0.2) is 63.2 Å².